The molecular weight excluding hydrogens is 328 g/mol. The van der Waals surface area contributed by atoms with Crippen molar-refractivity contribution in [2.75, 3.05) is 0 Å². The molecule has 124 valence electrons. The molecule has 2 heteroatoms. The van der Waals surface area contributed by atoms with Crippen molar-refractivity contribution in [3.8, 4) is 16.9 Å². The second kappa shape index (κ2) is 9.06. The van der Waals surface area contributed by atoms with Crippen LogP contribution in [0.1, 0.15) is 33.3 Å². The molecule has 0 saturated carbocycles. The van der Waals surface area contributed by atoms with Gasteiger partial charge in [-0.25, -0.2) is 5.57 Å². The molecule has 1 unspecified atom stereocenters. The third-order valence-electron chi connectivity index (χ3n) is 4.41. The second-order valence-corrected chi connectivity index (χ2v) is 6.22. The minimum Gasteiger partial charge on any atom is -0.508 e. The molecule has 1 nitrogen and oxygen atoms in total. The molecule has 24 heavy (non-hydrogen) atoms. The maximum atomic E-state index is 9.46. The van der Waals surface area contributed by atoms with Crippen LogP contribution in [0.15, 0.2) is 65.3 Å². The molecule has 1 N–H and O–H groups in total. The van der Waals surface area contributed by atoms with Gasteiger partial charge in [0.05, 0.1) is 0 Å². The molecule has 0 radical (unpaired) electrons. The van der Waals surface area contributed by atoms with E-state index in [-0.39, 0.29) is 21.7 Å². The van der Waals surface area contributed by atoms with Crippen molar-refractivity contribution in [2.24, 2.45) is 5.92 Å². The Morgan fingerprint density at radius 1 is 0.875 bits per heavy atom. The molecule has 2 aromatic carbocycles. The SMILES string of the molecule is CC1=[C-]C(C)C(C)=C1C.Cc1cc(O)cc(-c2ccccc2)c1.[Ti]. The Bertz CT molecular complexity index is 722. The number of benzene rings is 2. The quantitative estimate of drug-likeness (QED) is 0.486. The van der Waals surface area contributed by atoms with Crippen molar-refractivity contribution in [3.05, 3.63) is 76.9 Å². The first-order valence-corrected chi connectivity index (χ1v) is 8.02. The van der Waals surface area contributed by atoms with Gasteiger partial charge in [-0.2, -0.15) is 11.1 Å². The van der Waals surface area contributed by atoms with Gasteiger partial charge in [0.1, 0.15) is 5.75 Å². The average Bonchev–Trinajstić information content (AvgIpc) is 2.74. The van der Waals surface area contributed by atoms with E-state index in [1.54, 1.807) is 12.1 Å². The van der Waals surface area contributed by atoms with Crippen LogP contribution in [-0.4, -0.2) is 5.11 Å². The second-order valence-electron chi connectivity index (χ2n) is 6.22. The number of aromatic hydroxyl groups is 1. The van der Waals surface area contributed by atoms with E-state index < -0.39 is 0 Å². The molecule has 0 bridgehead atoms. The fraction of sp³-hybridized carbons (Fsp3) is 0.273. The van der Waals surface area contributed by atoms with Crippen LogP contribution >= 0.6 is 0 Å². The summed E-state index contributed by atoms with van der Waals surface area (Å²) in [5.74, 6) is 0.883. The van der Waals surface area contributed by atoms with E-state index in [1.807, 2.05) is 37.3 Å². The van der Waals surface area contributed by atoms with Crippen LogP contribution in [0.3, 0.4) is 0 Å². The standard InChI is InChI=1S/C13H12O.C9H13.Ti/c1-10-7-12(9-13(14)8-10)11-5-3-2-4-6-11;1-6-5-7(2)9(4)8(6)3;/h2-9,14H,1H3;6H,1-4H3;/q;-1;. The number of hydrogen-bond acceptors (Lipinski definition) is 1. The van der Waals surface area contributed by atoms with Crippen LogP contribution in [0.2, 0.25) is 0 Å². The van der Waals surface area contributed by atoms with Crippen LogP contribution in [0.4, 0.5) is 0 Å². The number of phenols is 1. The van der Waals surface area contributed by atoms with Gasteiger partial charge in [0.2, 0.25) is 0 Å². The fourth-order valence-corrected chi connectivity index (χ4v) is 2.72. The molecule has 1 aliphatic carbocycles. The predicted molar refractivity (Wildman–Crippen MR) is 98.2 cm³/mol. The van der Waals surface area contributed by atoms with Gasteiger partial charge in [-0.1, -0.05) is 63.1 Å². The summed E-state index contributed by atoms with van der Waals surface area (Å²) >= 11 is 0. The molecule has 0 aliphatic heterocycles. The Labute approximate surface area is 161 Å². The molecule has 0 heterocycles. The van der Waals surface area contributed by atoms with Crippen molar-refractivity contribution >= 4 is 0 Å². The van der Waals surface area contributed by atoms with Gasteiger partial charge in [-0.15, -0.1) is 6.92 Å². The van der Waals surface area contributed by atoms with E-state index in [2.05, 4.69) is 39.8 Å². The van der Waals surface area contributed by atoms with Crippen LogP contribution in [0.5, 0.6) is 5.75 Å². The first-order valence-electron chi connectivity index (χ1n) is 8.02. The smallest absolute Gasteiger partial charge is 0.116 e. The zero-order chi connectivity index (χ0) is 17.0. The van der Waals surface area contributed by atoms with Crippen LogP contribution in [-0.2, 0) is 21.7 Å². The third kappa shape index (κ3) is 5.22. The van der Waals surface area contributed by atoms with Crippen molar-refractivity contribution in [3.63, 3.8) is 0 Å². The topological polar surface area (TPSA) is 20.2 Å². The Hall–Kier alpha value is -1.57. The summed E-state index contributed by atoms with van der Waals surface area (Å²) in [5.41, 5.74) is 7.51. The van der Waals surface area contributed by atoms with E-state index >= 15 is 0 Å². The minimum atomic E-state index is 0. The van der Waals surface area contributed by atoms with Crippen LogP contribution in [0.25, 0.3) is 11.1 Å². The van der Waals surface area contributed by atoms with E-state index in [4.69, 9.17) is 0 Å². The van der Waals surface area contributed by atoms with Crippen molar-refractivity contribution in [1.82, 2.24) is 0 Å². The summed E-state index contributed by atoms with van der Waals surface area (Å²) in [7, 11) is 0. The summed E-state index contributed by atoms with van der Waals surface area (Å²) in [4.78, 5) is 0. The van der Waals surface area contributed by atoms with Gasteiger partial charge in [-0.3, -0.25) is 6.08 Å². The zero-order valence-electron chi connectivity index (χ0n) is 15.1. The maximum Gasteiger partial charge on any atom is 0.116 e. The zero-order valence-corrected chi connectivity index (χ0v) is 16.7. The first kappa shape index (κ1) is 20.5. The predicted octanol–water partition coefficient (Wildman–Crippen LogP) is 6.09. The first-order chi connectivity index (χ1) is 10.9. The molecule has 0 aromatic heterocycles. The Kier molecular flexibility index (Phi) is 7.73. The number of allylic oxidation sites excluding steroid dienone is 4. The van der Waals surface area contributed by atoms with Crippen molar-refractivity contribution < 1.29 is 26.8 Å². The van der Waals surface area contributed by atoms with Gasteiger partial charge in [-0.05, 0) is 35.7 Å². The molecule has 1 aliphatic rings. The normalized spacial score (nSPS) is 16.0. The maximum absolute atomic E-state index is 9.46. The van der Waals surface area contributed by atoms with E-state index in [0.717, 1.165) is 16.7 Å². The van der Waals surface area contributed by atoms with Gasteiger partial charge in [0.15, 0.2) is 0 Å². The number of aryl methyl sites for hydroxylation is 1. The summed E-state index contributed by atoms with van der Waals surface area (Å²) in [6, 6.07) is 15.6. The molecule has 0 spiro atoms. The number of phenolic OH excluding ortho intramolecular Hbond substituents is 1. The van der Waals surface area contributed by atoms with Gasteiger partial charge in [0.25, 0.3) is 0 Å². The Balaban J connectivity index is 0.000000252. The molecule has 1 atom stereocenters. The van der Waals surface area contributed by atoms with Gasteiger partial charge in [0, 0.05) is 21.7 Å². The van der Waals surface area contributed by atoms with Crippen LogP contribution in [0, 0.1) is 18.9 Å². The molecule has 3 rings (SSSR count). The van der Waals surface area contributed by atoms with E-state index in [1.165, 1.54) is 16.7 Å². The molecule has 0 saturated heterocycles. The number of hydrogen-bond donors (Lipinski definition) is 1. The van der Waals surface area contributed by atoms with Gasteiger partial charge >= 0.3 is 0 Å². The summed E-state index contributed by atoms with van der Waals surface area (Å²) in [5, 5.41) is 9.46. The summed E-state index contributed by atoms with van der Waals surface area (Å²) in [6.45, 7) is 10.6. The minimum absolute atomic E-state index is 0. The van der Waals surface area contributed by atoms with Crippen LogP contribution < -0.4 is 0 Å². The van der Waals surface area contributed by atoms with E-state index in [0.29, 0.717) is 11.7 Å². The molecule has 0 fully saturated rings. The average molecular weight is 353 g/mol. The number of rotatable bonds is 1. The molecular formula is C22H25OTi-. The van der Waals surface area contributed by atoms with Crippen molar-refractivity contribution in [1.29, 1.82) is 0 Å². The largest absolute Gasteiger partial charge is 0.508 e. The Morgan fingerprint density at radius 2 is 1.50 bits per heavy atom. The summed E-state index contributed by atoms with van der Waals surface area (Å²) in [6.07, 6.45) is 3.36. The fourth-order valence-electron chi connectivity index (χ4n) is 2.72. The van der Waals surface area contributed by atoms with Crippen molar-refractivity contribution in [2.45, 2.75) is 34.6 Å². The molecule has 2 aromatic rings. The summed E-state index contributed by atoms with van der Waals surface area (Å²) < 4.78 is 0. The monoisotopic (exact) mass is 353 g/mol. The van der Waals surface area contributed by atoms with E-state index in [9.17, 15) is 5.11 Å². The Morgan fingerprint density at radius 3 is 1.92 bits per heavy atom. The molecule has 0 amide bonds. The van der Waals surface area contributed by atoms with Gasteiger partial charge < -0.3 is 5.11 Å². The third-order valence-corrected chi connectivity index (χ3v) is 4.41.